The van der Waals surface area contributed by atoms with Gasteiger partial charge in [-0.25, -0.2) is 14.2 Å². The highest BCUT2D eigenvalue weighted by molar-refractivity contribution is 5.89. The van der Waals surface area contributed by atoms with E-state index in [4.69, 9.17) is 4.42 Å². The molecule has 0 unspecified atom stereocenters. The quantitative estimate of drug-likeness (QED) is 0.685. The molecule has 0 spiro atoms. The molecule has 0 atom stereocenters. The molecule has 0 bridgehead atoms. The van der Waals surface area contributed by atoms with E-state index in [9.17, 15) is 9.18 Å². The Morgan fingerprint density at radius 3 is 2.47 bits per heavy atom. The number of benzene rings is 2. The normalized spacial score (nSPS) is 15.5. The number of fused-ring (bicyclic) bond motifs is 1. The molecule has 0 radical (unpaired) electrons. The Balaban J connectivity index is 1.33. The van der Waals surface area contributed by atoms with Crippen molar-refractivity contribution in [2.24, 2.45) is 0 Å². The minimum atomic E-state index is -0.324. The number of nitrogens with zero attached hydrogens (tertiary/aromatic N) is 3. The van der Waals surface area contributed by atoms with Crippen LogP contribution in [0.5, 0.6) is 0 Å². The first-order valence-corrected chi connectivity index (χ1v) is 10.2. The number of oxazole rings is 1. The van der Waals surface area contributed by atoms with E-state index in [-0.39, 0.29) is 17.3 Å². The number of amides is 2. The third-order valence-corrected chi connectivity index (χ3v) is 5.41. The van der Waals surface area contributed by atoms with Gasteiger partial charge in [-0.2, -0.15) is 0 Å². The number of urea groups is 1. The van der Waals surface area contributed by atoms with Gasteiger partial charge in [0.05, 0.1) is 6.54 Å². The van der Waals surface area contributed by atoms with E-state index in [1.807, 2.05) is 6.07 Å². The molecule has 158 valence electrons. The summed E-state index contributed by atoms with van der Waals surface area (Å²) in [5, 5.41) is 2.81. The van der Waals surface area contributed by atoms with Gasteiger partial charge in [0, 0.05) is 31.9 Å². The van der Waals surface area contributed by atoms with Crippen molar-refractivity contribution in [2.75, 3.05) is 31.5 Å². The molecule has 1 aliphatic rings. The lowest BCUT2D eigenvalue weighted by Crippen LogP contribution is -2.49. The number of anilines is 1. The van der Waals surface area contributed by atoms with E-state index in [1.165, 1.54) is 17.7 Å². The summed E-state index contributed by atoms with van der Waals surface area (Å²) in [4.78, 5) is 21.1. The van der Waals surface area contributed by atoms with E-state index < -0.39 is 0 Å². The zero-order chi connectivity index (χ0) is 21.3. The van der Waals surface area contributed by atoms with Crippen molar-refractivity contribution in [3.63, 3.8) is 0 Å². The lowest BCUT2D eigenvalue weighted by Gasteiger charge is -2.34. The third kappa shape index (κ3) is 4.62. The number of carbonyl (C=O) groups excluding carboxylic acids is 1. The van der Waals surface area contributed by atoms with Crippen LogP contribution in [-0.4, -0.2) is 47.0 Å². The van der Waals surface area contributed by atoms with E-state index in [2.05, 4.69) is 48.1 Å². The van der Waals surface area contributed by atoms with Crippen LogP contribution in [0.15, 0.2) is 46.9 Å². The van der Waals surface area contributed by atoms with Crippen LogP contribution in [0.2, 0.25) is 0 Å². The maximum atomic E-state index is 13.0. The fraction of sp³-hybridized carbons (Fsp3) is 0.391. The van der Waals surface area contributed by atoms with Gasteiger partial charge in [0.2, 0.25) is 5.89 Å². The summed E-state index contributed by atoms with van der Waals surface area (Å²) < 4.78 is 18.9. The molecule has 3 aromatic rings. The van der Waals surface area contributed by atoms with Crippen molar-refractivity contribution in [1.82, 2.24) is 14.8 Å². The lowest BCUT2D eigenvalue weighted by molar-refractivity contribution is 0.136. The number of carbonyl (C=O) groups is 1. The first-order chi connectivity index (χ1) is 14.3. The Labute approximate surface area is 175 Å². The second-order valence-corrected chi connectivity index (χ2v) is 8.74. The molecular weight excluding hydrogens is 383 g/mol. The molecular formula is C23H27FN4O2. The summed E-state index contributed by atoms with van der Waals surface area (Å²) in [6.45, 7) is 9.87. The predicted octanol–water partition coefficient (Wildman–Crippen LogP) is 4.61. The third-order valence-electron chi connectivity index (χ3n) is 5.41. The molecule has 2 amide bonds. The average Bonchev–Trinajstić information content (AvgIpc) is 3.11. The monoisotopic (exact) mass is 410 g/mol. The van der Waals surface area contributed by atoms with Crippen molar-refractivity contribution >= 4 is 22.8 Å². The van der Waals surface area contributed by atoms with Gasteiger partial charge < -0.3 is 14.6 Å². The van der Waals surface area contributed by atoms with Crippen molar-refractivity contribution in [1.29, 1.82) is 0 Å². The van der Waals surface area contributed by atoms with Crippen molar-refractivity contribution in [2.45, 2.75) is 32.7 Å². The van der Waals surface area contributed by atoms with Crippen molar-refractivity contribution in [3.05, 3.63) is 59.7 Å². The summed E-state index contributed by atoms with van der Waals surface area (Å²) >= 11 is 0. The van der Waals surface area contributed by atoms with Crippen LogP contribution in [-0.2, 0) is 12.0 Å². The Kier molecular flexibility index (Phi) is 5.47. The van der Waals surface area contributed by atoms with Gasteiger partial charge in [-0.3, -0.25) is 4.90 Å². The van der Waals surface area contributed by atoms with E-state index in [0.29, 0.717) is 31.2 Å². The predicted molar refractivity (Wildman–Crippen MR) is 115 cm³/mol. The highest BCUT2D eigenvalue weighted by Crippen LogP contribution is 2.26. The first-order valence-electron chi connectivity index (χ1n) is 10.2. The second-order valence-electron chi connectivity index (χ2n) is 8.74. The number of halogens is 1. The topological polar surface area (TPSA) is 61.6 Å². The zero-order valence-corrected chi connectivity index (χ0v) is 17.6. The zero-order valence-electron chi connectivity index (χ0n) is 17.6. The molecule has 2 heterocycles. The first kappa shape index (κ1) is 20.3. The fourth-order valence-corrected chi connectivity index (χ4v) is 3.55. The Morgan fingerprint density at radius 2 is 1.80 bits per heavy atom. The summed E-state index contributed by atoms with van der Waals surface area (Å²) in [6, 6.07) is 11.8. The van der Waals surface area contributed by atoms with Crippen LogP contribution >= 0.6 is 0 Å². The highest BCUT2D eigenvalue weighted by atomic mass is 19.1. The summed E-state index contributed by atoms with van der Waals surface area (Å²) in [5.74, 6) is 0.371. The minimum absolute atomic E-state index is 0.0676. The van der Waals surface area contributed by atoms with E-state index in [1.54, 1.807) is 17.0 Å². The van der Waals surface area contributed by atoms with Crippen LogP contribution in [0, 0.1) is 5.82 Å². The van der Waals surface area contributed by atoms with Gasteiger partial charge in [0.1, 0.15) is 11.3 Å². The number of rotatable bonds is 3. The number of hydrogen-bond acceptors (Lipinski definition) is 4. The lowest BCUT2D eigenvalue weighted by atomic mass is 9.87. The van der Waals surface area contributed by atoms with Gasteiger partial charge in [-0.15, -0.1) is 0 Å². The SMILES string of the molecule is CC(C)(C)c1ccc2oc(CN3CCN(C(=O)Nc4ccc(F)cc4)CC3)nc2c1. The van der Waals surface area contributed by atoms with Crippen LogP contribution in [0.1, 0.15) is 32.2 Å². The molecule has 1 aliphatic heterocycles. The highest BCUT2D eigenvalue weighted by Gasteiger charge is 2.23. The Hall–Kier alpha value is -2.93. The molecule has 1 N–H and O–H groups in total. The Bertz CT molecular complexity index is 1030. The molecule has 1 saturated heterocycles. The van der Waals surface area contributed by atoms with Crippen molar-refractivity contribution < 1.29 is 13.6 Å². The molecule has 1 fully saturated rings. The minimum Gasteiger partial charge on any atom is -0.439 e. The maximum Gasteiger partial charge on any atom is 0.321 e. The Morgan fingerprint density at radius 1 is 1.10 bits per heavy atom. The second kappa shape index (κ2) is 8.07. The summed E-state index contributed by atoms with van der Waals surface area (Å²) in [5.41, 5.74) is 3.57. The maximum absolute atomic E-state index is 13.0. The number of hydrogen-bond donors (Lipinski definition) is 1. The van der Waals surface area contributed by atoms with Gasteiger partial charge >= 0.3 is 6.03 Å². The average molecular weight is 410 g/mol. The smallest absolute Gasteiger partial charge is 0.321 e. The van der Waals surface area contributed by atoms with Crippen molar-refractivity contribution in [3.8, 4) is 0 Å². The molecule has 0 aliphatic carbocycles. The van der Waals surface area contributed by atoms with Gasteiger partial charge in [0.15, 0.2) is 5.58 Å². The van der Waals surface area contributed by atoms with Gasteiger partial charge in [-0.1, -0.05) is 26.8 Å². The van der Waals surface area contributed by atoms with Gasteiger partial charge in [0.25, 0.3) is 0 Å². The van der Waals surface area contributed by atoms with Crippen LogP contribution in [0.25, 0.3) is 11.1 Å². The summed E-state index contributed by atoms with van der Waals surface area (Å²) in [7, 11) is 0. The standard InChI is InChI=1S/C23H27FN4O2/c1-23(2,3)16-4-9-20-19(14-16)26-21(30-20)15-27-10-12-28(13-11-27)22(29)25-18-7-5-17(24)6-8-18/h4-9,14H,10-13,15H2,1-3H3,(H,25,29). The number of piperazine rings is 1. The molecule has 1 aromatic heterocycles. The fourth-order valence-electron chi connectivity index (χ4n) is 3.55. The molecule has 0 saturated carbocycles. The van der Waals surface area contributed by atoms with Crippen LogP contribution in [0.3, 0.4) is 0 Å². The molecule has 30 heavy (non-hydrogen) atoms. The number of aromatic nitrogens is 1. The molecule has 4 rings (SSSR count). The largest absolute Gasteiger partial charge is 0.439 e. The molecule has 7 heteroatoms. The van der Waals surface area contributed by atoms with Crippen LogP contribution in [0.4, 0.5) is 14.9 Å². The number of nitrogens with one attached hydrogen (secondary N) is 1. The van der Waals surface area contributed by atoms with E-state index >= 15 is 0 Å². The van der Waals surface area contributed by atoms with Gasteiger partial charge in [-0.05, 0) is 47.4 Å². The van der Waals surface area contributed by atoms with Crippen LogP contribution < -0.4 is 5.32 Å². The molecule has 6 nitrogen and oxygen atoms in total. The molecule has 2 aromatic carbocycles. The van der Waals surface area contributed by atoms with E-state index in [0.717, 1.165) is 24.2 Å². The summed E-state index contributed by atoms with van der Waals surface area (Å²) in [6.07, 6.45) is 0.